The van der Waals surface area contributed by atoms with E-state index in [0.717, 1.165) is 0 Å². The minimum Gasteiger partial charge on any atom is -0.350 e. The fourth-order valence-corrected chi connectivity index (χ4v) is 2.49. The van der Waals surface area contributed by atoms with Crippen LogP contribution in [0.5, 0.6) is 0 Å². The van der Waals surface area contributed by atoms with Crippen molar-refractivity contribution in [2.75, 3.05) is 11.9 Å². The molecule has 9 heteroatoms. The van der Waals surface area contributed by atoms with Crippen LogP contribution < -0.4 is 10.6 Å². The van der Waals surface area contributed by atoms with Gasteiger partial charge in [0, 0.05) is 19.3 Å². The van der Waals surface area contributed by atoms with E-state index in [1.807, 2.05) is 20.8 Å². The van der Waals surface area contributed by atoms with E-state index in [1.165, 1.54) is 6.20 Å². The van der Waals surface area contributed by atoms with Crippen molar-refractivity contribution in [3.05, 3.63) is 28.8 Å². The quantitative estimate of drug-likeness (QED) is 0.772. The van der Waals surface area contributed by atoms with Crippen molar-refractivity contribution in [2.45, 2.75) is 47.2 Å². The van der Waals surface area contributed by atoms with Crippen LogP contribution in [0.2, 0.25) is 5.02 Å². The first kappa shape index (κ1) is 20.0. The van der Waals surface area contributed by atoms with Crippen LogP contribution in [0.3, 0.4) is 0 Å². The average molecular weight is 381 g/mol. The van der Waals surface area contributed by atoms with E-state index in [-0.39, 0.29) is 17.5 Å². The van der Waals surface area contributed by atoms with Crippen molar-refractivity contribution in [3.8, 4) is 0 Å². The summed E-state index contributed by atoms with van der Waals surface area (Å²) in [4.78, 5) is 25.0. The topological polar surface area (TPSA) is 93.8 Å². The molecule has 0 aliphatic rings. The zero-order valence-electron chi connectivity index (χ0n) is 15.7. The summed E-state index contributed by atoms with van der Waals surface area (Å²) in [5.74, 6) is -0.300. The van der Waals surface area contributed by atoms with Crippen molar-refractivity contribution in [3.63, 3.8) is 0 Å². The lowest BCUT2D eigenvalue weighted by molar-refractivity contribution is -0.119. The second-order valence-corrected chi connectivity index (χ2v) is 6.95. The highest BCUT2D eigenvalue weighted by Gasteiger charge is 2.23. The maximum absolute atomic E-state index is 12.6. The van der Waals surface area contributed by atoms with E-state index in [4.69, 9.17) is 11.6 Å². The molecular weight excluding hydrogens is 356 g/mol. The third-order valence-corrected chi connectivity index (χ3v) is 4.33. The molecule has 0 spiro atoms. The van der Waals surface area contributed by atoms with Gasteiger partial charge in [0.1, 0.15) is 6.04 Å². The van der Waals surface area contributed by atoms with Crippen LogP contribution in [-0.4, -0.2) is 37.9 Å². The van der Waals surface area contributed by atoms with Crippen LogP contribution in [0, 0.1) is 12.8 Å². The van der Waals surface area contributed by atoms with Gasteiger partial charge >= 0.3 is 0 Å². The van der Waals surface area contributed by atoms with Crippen LogP contribution in [0.1, 0.15) is 49.9 Å². The van der Waals surface area contributed by atoms with Gasteiger partial charge in [-0.05, 0) is 26.7 Å². The number of hydrogen-bond donors (Lipinski definition) is 2. The number of anilines is 1. The molecule has 2 heterocycles. The van der Waals surface area contributed by atoms with Crippen molar-refractivity contribution in [1.82, 2.24) is 24.9 Å². The maximum Gasteiger partial charge on any atom is 0.273 e. The van der Waals surface area contributed by atoms with Gasteiger partial charge in [0.15, 0.2) is 5.69 Å². The molecule has 8 nitrogen and oxygen atoms in total. The Bertz CT molecular complexity index is 795. The highest BCUT2D eigenvalue weighted by Crippen LogP contribution is 2.20. The molecule has 1 atom stereocenters. The predicted molar refractivity (Wildman–Crippen MR) is 100 cm³/mol. The van der Waals surface area contributed by atoms with E-state index >= 15 is 0 Å². The molecule has 0 fully saturated rings. The number of aromatic nitrogens is 4. The van der Waals surface area contributed by atoms with E-state index in [1.54, 1.807) is 29.4 Å². The average Bonchev–Trinajstić information content (AvgIpc) is 3.16. The van der Waals surface area contributed by atoms with Gasteiger partial charge in [0.2, 0.25) is 5.91 Å². The smallest absolute Gasteiger partial charge is 0.273 e. The Hall–Kier alpha value is -2.35. The summed E-state index contributed by atoms with van der Waals surface area (Å²) >= 11 is 6.01. The summed E-state index contributed by atoms with van der Waals surface area (Å²) in [5, 5.41) is 14.5. The van der Waals surface area contributed by atoms with Gasteiger partial charge in [-0.2, -0.15) is 10.2 Å². The number of carbonyl (C=O) groups is 2. The zero-order valence-corrected chi connectivity index (χ0v) is 16.5. The molecule has 0 aromatic carbocycles. The number of hydrogen-bond acceptors (Lipinski definition) is 4. The molecule has 0 bridgehead atoms. The number of amides is 2. The lowest BCUT2D eigenvalue weighted by atomic mass is 10.2. The molecule has 2 N–H and O–H groups in total. The number of nitrogens with one attached hydrogen (secondary N) is 2. The Morgan fingerprint density at radius 1 is 1.31 bits per heavy atom. The Morgan fingerprint density at radius 2 is 2.00 bits per heavy atom. The van der Waals surface area contributed by atoms with E-state index in [9.17, 15) is 9.59 Å². The lowest BCUT2D eigenvalue weighted by Gasteiger charge is -2.14. The molecule has 2 rings (SSSR count). The minimum atomic E-state index is -0.584. The fraction of sp³-hybridized carbons (Fsp3) is 0.529. The SMILES string of the molecule is CCn1cc(NC(=O)[C@@H](C)n2ncc(Cl)c2C)c(C(=O)NCC(C)C)n1. The van der Waals surface area contributed by atoms with Gasteiger partial charge in [0.25, 0.3) is 5.91 Å². The summed E-state index contributed by atoms with van der Waals surface area (Å²) in [6, 6.07) is -0.584. The highest BCUT2D eigenvalue weighted by molar-refractivity contribution is 6.31. The monoisotopic (exact) mass is 380 g/mol. The maximum atomic E-state index is 12.6. The molecule has 142 valence electrons. The van der Waals surface area contributed by atoms with E-state index in [2.05, 4.69) is 20.8 Å². The molecule has 26 heavy (non-hydrogen) atoms. The molecule has 0 saturated heterocycles. The third kappa shape index (κ3) is 4.43. The van der Waals surface area contributed by atoms with Gasteiger partial charge < -0.3 is 10.6 Å². The number of nitrogens with zero attached hydrogens (tertiary/aromatic N) is 4. The Labute approximate surface area is 157 Å². The van der Waals surface area contributed by atoms with E-state index < -0.39 is 6.04 Å². The summed E-state index contributed by atoms with van der Waals surface area (Å²) in [7, 11) is 0. The molecular formula is C17H25ClN6O2. The highest BCUT2D eigenvalue weighted by atomic mass is 35.5. The molecule has 0 radical (unpaired) electrons. The van der Waals surface area contributed by atoms with Crippen molar-refractivity contribution < 1.29 is 9.59 Å². The first-order valence-corrected chi connectivity index (χ1v) is 8.98. The standard InChI is InChI=1S/C17H25ClN6O2/c1-6-23-9-14(15(22-23)17(26)19-7-10(2)3)21-16(25)12(5)24-11(4)13(18)8-20-24/h8-10,12H,6-7H2,1-5H3,(H,19,26)(H,21,25)/t12-/m1/s1. The van der Waals surface area contributed by atoms with Crippen LogP contribution in [-0.2, 0) is 11.3 Å². The number of rotatable bonds is 7. The summed E-state index contributed by atoms with van der Waals surface area (Å²) in [6.45, 7) is 10.6. The summed E-state index contributed by atoms with van der Waals surface area (Å²) in [6.07, 6.45) is 3.15. The van der Waals surface area contributed by atoms with E-state index in [0.29, 0.717) is 35.4 Å². The Balaban J connectivity index is 2.19. The van der Waals surface area contributed by atoms with Gasteiger partial charge in [-0.25, -0.2) is 0 Å². The molecule has 0 aliphatic heterocycles. The first-order chi connectivity index (χ1) is 12.2. The number of aryl methyl sites for hydroxylation is 1. The molecule has 2 aromatic heterocycles. The number of halogens is 1. The minimum absolute atomic E-state index is 0.197. The van der Waals surface area contributed by atoms with Gasteiger partial charge in [-0.3, -0.25) is 19.0 Å². The Morgan fingerprint density at radius 3 is 2.54 bits per heavy atom. The molecule has 0 unspecified atom stereocenters. The normalized spacial score (nSPS) is 12.3. The van der Waals surface area contributed by atoms with Gasteiger partial charge in [0.05, 0.1) is 22.6 Å². The molecule has 0 aliphatic carbocycles. The third-order valence-electron chi connectivity index (χ3n) is 3.96. The van der Waals surface area contributed by atoms with Crippen molar-refractivity contribution in [1.29, 1.82) is 0 Å². The summed E-state index contributed by atoms with van der Waals surface area (Å²) in [5.41, 5.74) is 1.28. The van der Waals surface area contributed by atoms with Crippen LogP contribution in [0.4, 0.5) is 5.69 Å². The zero-order chi connectivity index (χ0) is 19.4. The summed E-state index contributed by atoms with van der Waals surface area (Å²) < 4.78 is 3.15. The van der Waals surface area contributed by atoms with Gasteiger partial charge in [-0.15, -0.1) is 0 Å². The Kier molecular flexibility index (Phi) is 6.42. The molecule has 2 aromatic rings. The second-order valence-electron chi connectivity index (χ2n) is 6.54. The first-order valence-electron chi connectivity index (χ1n) is 8.60. The molecule has 2 amide bonds. The van der Waals surface area contributed by atoms with Crippen molar-refractivity contribution >= 4 is 29.1 Å². The molecule has 0 saturated carbocycles. The van der Waals surface area contributed by atoms with Crippen LogP contribution >= 0.6 is 11.6 Å². The lowest BCUT2D eigenvalue weighted by Crippen LogP contribution is -2.30. The van der Waals surface area contributed by atoms with Crippen LogP contribution in [0.15, 0.2) is 12.4 Å². The number of carbonyl (C=O) groups excluding carboxylic acids is 2. The van der Waals surface area contributed by atoms with Crippen LogP contribution in [0.25, 0.3) is 0 Å². The van der Waals surface area contributed by atoms with Crippen molar-refractivity contribution in [2.24, 2.45) is 5.92 Å². The predicted octanol–water partition coefficient (Wildman–Crippen LogP) is 2.65. The fourth-order valence-electron chi connectivity index (χ4n) is 2.36. The van der Waals surface area contributed by atoms with Gasteiger partial charge in [-0.1, -0.05) is 25.4 Å². The second kappa shape index (κ2) is 8.35. The largest absolute Gasteiger partial charge is 0.350 e.